The van der Waals surface area contributed by atoms with E-state index in [0.717, 1.165) is 0 Å². The SMILES string of the molecule is [CaH2].[CaH2].[CaH2].[CaH2].[CaH2].[CaH2].[CaH2].[CaH2].[CaH2].[CaH2].[CaH2].[CaH2].[CaH2].[CaH2].[CaH2].[CaH2].[CaH2].[CaH2].[CaH2].[CaH2].[CaH2].[CaH2]. The molecular weight excluding hydrogens is 882 g/mol. The van der Waals surface area contributed by atoms with E-state index in [1.54, 1.807) is 0 Å². The van der Waals surface area contributed by atoms with E-state index in [4.69, 9.17) is 0 Å². The Morgan fingerprint density at radius 2 is 0.0455 bits per heavy atom. The maximum atomic E-state index is 0. The Bertz CT molecular complexity index is 0. The van der Waals surface area contributed by atoms with E-state index in [0.29, 0.717) is 0 Å². The number of hydrogen-bond acceptors (Lipinski definition) is 0. The van der Waals surface area contributed by atoms with Gasteiger partial charge in [0.1, 0.15) is 0 Å². The number of hydrogen-bond donors (Lipinski definition) is 0. The van der Waals surface area contributed by atoms with Crippen molar-refractivity contribution in [3.8, 4) is 0 Å². The van der Waals surface area contributed by atoms with E-state index in [1.165, 1.54) is 0 Å². The van der Waals surface area contributed by atoms with E-state index < -0.39 is 0 Å². The molecule has 0 spiro atoms. The molecule has 0 bridgehead atoms. The molecule has 0 fully saturated rings. The van der Waals surface area contributed by atoms with Crippen LogP contribution in [0.25, 0.3) is 0 Å². The average molecular weight is 926 g/mol. The van der Waals surface area contributed by atoms with Crippen molar-refractivity contribution in [1.29, 1.82) is 0 Å². The Hall–Kier alpha value is 27.7. The van der Waals surface area contributed by atoms with Crippen molar-refractivity contribution in [1.82, 2.24) is 0 Å². The van der Waals surface area contributed by atoms with Crippen LogP contribution in [0.2, 0.25) is 0 Å². The van der Waals surface area contributed by atoms with Gasteiger partial charge in [-0.2, -0.15) is 0 Å². The fourth-order valence-electron chi connectivity index (χ4n) is 0. The van der Waals surface area contributed by atoms with Crippen LogP contribution in [-0.2, 0) is 0 Å². The van der Waals surface area contributed by atoms with Crippen LogP contribution in [0.4, 0.5) is 0 Å². The van der Waals surface area contributed by atoms with Crippen LogP contribution in [0, 0.1) is 0 Å². The van der Waals surface area contributed by atoms with E-state index in [-0.39, 0.29) is 830 Å². The molecule has 0 nitrogen and oxygen atoms in total. The molecule has 0 aliphatic heterocycles. The van der Waals surface area contributed by atoms with Crippen LogP contribution < -0.4 is 0 Å². The van der Waals surface area contributed by atoms with Gasteiger partial charge in [-0.05, 0) is 0 Å². The monoisotopic (exact) mass is 924 g/mol. The molecule has 0 amide bonds. The van der Waals surface area contributed by atoms with E-state index in [2.05, 4.69) is 0 Å². The second-order valence-corrected chi connectivity index (χ2v) is 0. The minimum absolute atomic E-state index is 0. The molecule has 0 aromatic heterocycles. The van der Waals surface area contributed by atoms with Crippen LogP contribution in [-0.4, -0.2) is 830 Å². The molecule has 0 aliphatic carbocycles. The molecule has 0 atom stereocenters. The Morgan fingerprint density at radius 3 is 0.0455 bits per heavy atom. The van der Waals surface area contributed by atoms with Gasteiger partial charge in [0.05, 0.1) is 0 Å². The zero-order valence-corrected chi connectivity index (χ0v) is 0. The molecule has 0 rings (SSSR count). The average Bonchev–Trinajstić information content (AvgIpc) is 0. The molecule has 0 saturated heterocycles. The molecule has 0 heterocycles. The Balaban J connectivity index is 0. The summed E-state index contributed by atoms with van der Waals surface area (Å²) in [5, 5.41) is 0. The fourth-order valence-corrected chi connectivity index (χ4v) is 0. The van der Waals surface area contributed by atoms with Gasteiger partial charge in [-0.3, -0.25) is 0 Å². The summed E-state index contributed by atoms with van der Waals surface area (Å²) in [6.07, 6.45) is 0. The zero-order chi connectivity index (χ0) is 0. The first-order valence-corrected chi connectivity index (χ1v) is 0. The third-order valence-corrected chi connectivity index (χ3v) is 0. The van der Waals surface area contributed by atoms with Gasteiger partial charge in [-0.15, -0.1) is 0 Å². The van der Waals surface area contributed by atoms with Crippen LogP contribution in [0.15, 0.2) is 0 Å². The molecule has 0 radical (unpaired) electrons. The molecule has 22 heteroatoms. The predicted molar refractivity (Wildman–Crippen MR) is 188 cm³/mol. The number of rotatable bonds is 0. The summed E-state index contributed by atoms with van der Waals surface area (Å²) in [6.45, 7) is 0. The summed E-state index contributed by atoms with van der Waals surface area (Å²) >= 11 is 0. The molecule has 0 aromatic carbocycles. The summed E-state index contributed by atoms with van der Waals surface area (Å²) in [5.41, 5.74) is 0. The van der Waals surface area contributed by atoms with Crippen molar-refractivity contribution in [2.24, 2.45) is 0 Å². The van der Waals surface area contributed by atoms with Gasteiger partial charge < -0.3 is 0 Å². The quantitative estimate of drug-likeness (QED) is 0.212. The summed E-state index contributed by atoms with van der Waals surface area (Å²) in [4.78, 5) is 0. The van der Waals surface area contributed by atoms with Crippen molar-refractivity contribution in [2.75, 3.05) is 0 Å². The molecule has 22 heavy (non-hydrogen) atoms. The van der Waals surface area contributed by atoms with Gasteiger partial charge in [-0.25, -0.2) is 0 Å². The van der Waals surface area contributed by atoms with Gasteiger partial charge in [0, 0.05) is 0 Å². The first-order chi connectivity index (χ1) is 0. The van der Waals surface area contributed by atoms with Gasteiger partial charge in [0.15, 0.2) is 0 Å². The van der Waals surface area contributed by atoms with Crippen LogP contribution in [0.5, 0.6) is 0 Å². The van der Waals surface area contributed by atoms with Gasteiger partial charge in [0.2, 0.25) is 0 Å². The van der Waals surface area contributed by atoms with Crippen LogP contribution in [0.1, 0.15) is 0 Å². The molecule has 0 N–H and O–H groups in total. The maximum absolute atomic E-state index is 0. The standard InChI is InChI=1S/22Ca.44H. The molecule has 0 aromatic rings. The van der Waals surface area contributed by atoms with Gasteiger partial charge in [-0.1, -0.05) is 0 Å². The molecule has 88 valence electrons. The first kappa shape index (κ1) is 154. The van der Waals surface area contributed by atoms with E-state index in [1.807, 2.05) is 0 Å². The van der Waals surface area contributed by atoms with Crippen molar-refractivity contribution in [2.45, 2.75) is 0 Å². The summed E-state index contributed by atoms with van der Waals surface area (Å²) in [7, 11) is 0. The second kappa shape index (κ2) is 144. The van der Waals surface area contributed by atoms with Crippen molar-refractivity contribution >= 4 is 830 Å². The summed E-state index contributed by atoms with van der Waals surface area (Å²) < 4.78 is 0. The van der Waals surface area contributed by atoms with Crippen molar-refractivity contribution < 1.29 is 0 Å². The molecular formula is H44Ca22. The molecule has 0 aliphatic rings. The van der Waals surface area contributed by atoms with Gasteiger partial charge in [0.25, 0.3) is 0 Å². The third kappa shape index (κ3) is 136. The normalized spacial score (nSPS) is 0. The van der Waals surface area contributed by atoms with Crippen molar-refractivity contribution in [3.63, 3.8) is 0 Å². The predicted octanol–water partition coefficient (Wildman–Crippen LogP) is -20.2. The van der Waals surface area contributed by atoms with Gasteiger partial charge >= 0.3 is 830 Å². The molecule has 0 saturated carbocycles. The van der Waals surface area contributed by atoms with Crippen LogP contribution >= 0.6 is 0 Å². The van der Waals surface area contributed by atoms with E-state index >= 15 is 0 Å². The summed E-state index contributed by atoms with van der Waals surface area (Å²) in [5.74, 6) is 0. The third-order valence-electron chi connectivity index (χ3n) is 0. The summed E-state index contributed by atoms with van der Waals surface area (Å²) in [6, 6.07) is 0. The Morgan fingerprint density at radius 1 is 0.0455 bits per heavy atom. The topological polar surface area (TPSA) is 0 Å². The second-order valence-electron chi connectivity index (χ2n) is 0. The van der Waals surface area contributed by atoms with Crippen molar-refractivity contribution in [3.05, 3.63) is 0 Å². The first-order valence-electron chi connectivity index (χ1n) is 0. The van der Waals surface area contributed by atoms with E-state index in [9.17, 15) is 0 Å². The molecule has 0 unspecified atom stereocenters. The Labute approximate surface area is 796 Å². The Kier molecular flexibility index (Phi) is 1010. The minimum atomic E-state index is 0. The zero-order valence-electron chi connectivity index (χ0n) is 0. The van der Waals surface area contributed by atoms with Crippen LogP contribution in [0.3, 0.4) is 0 Å². The fraction of sp³-hybridized carbons (Fsp3) is 0.